The van der Waals surface area contributed by atoms with Gasteiger partial charge < -0.3 is 9.15 Å². The van der Waals surface area contributed by atoms with Crippen LogP contribution in [-0.2, 0) is 9.53 Å². The fourth-order valence-corrected chi connectivity index (χ4v) is 2.77. The van der Waals surface area contributed by atoms with Crippen molar-refractivity contribution in [3.63, 3.8) is 0 Å². The van der Waals surface area contributed by atoms with Gasteiger partial charge in [0.25, 0.3) is 0 Å². The van der Waals surface area contributed by atoms with Gasteiger partial charge in [-0.3, -0.25) is 4.79 Å². The van der Waals surface area contributed by atoms with Crippen molar-refractivity contribution in [1.29, 1.82) is 0 Å². The molecule has 3 nitrogen and oxygen atoms in total. The Morgan fingerprint density at radius 3 is 2.33 bits per heavy atom. The first-order valence-corrected chi connectivity index (χ1v) is 7.05. The van der Waals surface area contributed by atoms with Crippen LogP contribution in [0.5, 0.6) is 0 Å². The smallest absolute Gasteiger partial charge is 0.310 e. The molecular formula is C18H18O3. The van der Waals surface area contributed by atoms with Crippen molar-refractivity contribution in [2.24, 2.45) is 0 Å². The largest absolute Gasteiger partial charge is 0.461 e. The van der Waals surface area contributed by atoms with Crippen LogP contribution < -0.4 is 0 Å². The van der Waals surface area contributed by atoms with Gasteiger partial charge in [-0.05, 0) is 44.0 Å². The zero-order valence-corrected chi connectivity index (χ0v) is 12.5. The Morgan fingerprint density at radius 2 is 1.81 bits per heavy atom. The molecule has 108 valence electrons. The first-order valence-electron chi connectivity index (χ1n) is 7.05. The van der Waals surface area contributed by atoms with Crippen molar-refractivity contribution < 1.29 is 13.9 Å². The van der Waals surface area contributed by atoms with Gasteiger partial charge in [0.2, 0.25) is 0 Å². The normalized spacial score (nSPS) is 19.5. The molecule has 1 aromatic heterocycles. The lowest BCUT2D eigenvalue weighted by Crippen LogP contribution is -2.21. The quantitative estimate of drug-likeness (QED) is 0.778. The number of carbonyl (C=O) groups excluding carboxylic acids is 1. The predicted octanol–water partition coefficient (Wildman–Crippen LogP) is 4.12. The SMILES string of the molecule is Cc1ccc(C(=C2CC(=O)OC2(C)C)c2ccccc2)o1. The van der Waals surface area contributed by atoms with E-state index in [1.54, 1.807) is 0 Å². The molecule has 1 aliphatic rings. The third kappa shape index (κ3) is 2.51. The summed E-state index contributed by atoms with van der Waals surface area (Å²) in [7, 11) is 0. The van der Waals surface area contributed by atoms with Gasteiger partial charge in [0.15, 0.2) is 0 Å². The van der Waals surface area contributed by atoms with Gasteiger partial charge in [-0.15, -0.1) is 0 Å². The molecular weight excluding hydrogens is 264 g/mol. The van der Waals surface area contributed by atoms with Crippen molar-refractivity contribution in [3.8, 4) is 0 Å². The third-order valence-corrected chi connectivity index (χ3v) is 3.77. The summed E-state index contributed by atoms with van der Waals surface area (Å²) >= 11 is 0. The first-order chi connectivity index (χ1) is 9.97. The number of rotatable bonds is 2. The molecule has 0 aliphatic carbocycles. The lowest BCUT2D eigenvalue weighted by Gasteiger charge is -2.21. The molecule has 3 heteroatoms. The zero-order valence-electron chi connectivity index (χ0n) is 12.5. The van der Waals surface area contributed by atoms with Crippen molar-refractivity contribution in [3.05, 3.63) is 65.1 Å². The monoisotopic (exact) mass is 282 g/mol. The summed E-state index contributed by atoms with van der Waals surface area (Å²) in [6.45, 7) is 5.76. The molecule has 3 rings (SSSR count). The van der Waals surface area contributed by atoms with Gasteiger partial charge in [0, 0.05) is 5.57 Å². The molecule has 0 radical (unpaired) electrons. The molecule has 0 unspecified atom stereocenters. The van der Waals surface area contributed by atoms with E-state index >= 15 is 0 Å². The Hall–Kier alpha value is -2.29. The van der Waals surface area contributed by atoms with E-state index < -0.39 is 5.60 Å². The second-order valence-corrected chi connectivity index (χ2v) is 5.79. The summed E-state index contributed by atoms with van der Waals surface area (Å²) in [6, 6.07) is 13.9. The van der Waals surface area contributed by atoms with Crippen LogP contribution >= 0.6 is 0 Å². The van der Waals surface area contributed by atoms with E-state index in [4.69, 9.17) is 9.15 Å². The van der Waals surface area contributed by atoms with Crippen LogP contribution in [0.4, 0.5) is 0 Å². The fourth-order valence-electron chi connectivity index (χ4n) is 2.77. The molecule has 0 amide bonds. The lowest BCUT2D eigenvalue weighted by molar-refractivity contribution is -0.145. The molecule has 1 aliphatic heterocycles. The van der Waals surface area contributed by atoms with Crippen molar-refractivity contribution in [2.45, 2.75) is 32.8 Å². The van der Waals surface area contributed by atoms with E-state index in [2.05, 4.69) is 0 Å². The topological polar surface area (TPSA) is 39.4 Å². The minimum atomic E-state index is -0.608. The van der Waals surface area contributed by atoms with E-state index in [0.29, 0.717) is 6.42 Å². The van der Waals surface area contributed by atoms with Crippen LogP contribution in [0, 0.1) is 6.92 Å². The highest BCUT2D eigenvalue weighted by Gasteiger charge is 2.39. The van der Waals surface area contributed by atoms with E-state index in [-0.39, 0.29) is 5.97 Å². The van der Waals surface area contributed by atoms with Gasteiger partial charge in [0.05, 0.1) is 6.42 Å². The number of hydrogen-bond donors (Lipinski definition) is 0. The Morgan fingerprint density at radius 1 is 1.10 bits per heavy atom. The summed E-state index contributed by atoms with van der Waals surface area (Å²) in [5, 5.41) is 0. The highest BCUT2D eigenvalue weighted by molar-refractivity contribution is 5.88. The molecule has 0 bridgehead atoms. The van der Waals surface area contributed by atoms with E-state index in [1.807, 2.05) is 63.2 Å². The molecule has 1 saturated heterocycles. The Labute approximate surface area is 124 Å². The Kier molecular flexibility index (Phi) is 3.20. The van der Waals surface area contributed by atoms with Crippen LogP contribution in [-0.4, -0.2) is 11.6 Å². The third-order valence-electron chi connectivity index (χ3n) is 3.77. The fraction of sp³-hybridized carbons (Fsp3) is 0.278. The molecule has 21 heavy (non-hydrogen) atoms. The highest BCUT2D eigenvalue weighted by atomic mass is 16.6. The molecule has 2 heterocycles. The van der Waals surface area contributed by atoms with Gasteiger partial charge >= 0.3 is 5.97 Å². The maximum Gasteiger partial charge on any atom is 0.310 e. The second kappa shape index (κ2) is 4.92. The molecule has 2 aromatic rings. The first kappa shape index (κ1) is 13.7. The Balaban J connectivity index is 2.25. The zero-order chi connectivity index (χ0) is 15.0. The van der Waals surface area contributed by atoms with E-state index in [0.717, 1.165) is 28.2 Å². The van der Waals surface area contributed by atoms with Crippen LogP contribution in [0.25, 0.3) is 5.57 Å². The summed E-state index contributed by atoms with van der Waals surface area (Å²) in [5.74, 6) is 1.44. The standard InChI is InChI=1S/C18H18O3/c1-12-9-10-15(20-12)17(13-7-5-4-6-8-13)14-11-16(19)21-18(14,2)3/h4-10H,11H2,1-3H3. The number of cyclic esters (lactones) is 1. The molecule has 0 atom stereocenters. The molecule has 0 N–H and O–H groups in total. The summed E-state index contributed by atoms with van der Waals surface area (Å²) in [6.07, 6.45) is 0.303. The minimum Gasteiger partial charge on any atom is -0.461 e. The van der Waals surface area contributed by atoms with Crippen LogP contribution in [0.3, 0.4) is 0 Å². The van der Waals surface area contributed by atoms with Gasteiger partial charge in [-0.2, -0.15) is 0 Å². The number of esters is 1. The average Bonchev–Trinajstić information content (AvgIpc) is 2.95. The molecule has 0 saturated carbocycles. The molecule has 1 aromatic carbocycles. The van der Waals surface area contributed by atoms with Gasteiger partial charge in [-0.25, -0.2) is 0 Å². The van der Waals surface area contributed by atoms with Gasteiger partial charge in [0.1, 0.15) is 17.1 Å². The molecule has 0 spiro atoms. The molecule has 1 fully saturated rings. The average molecular weight is 282 g/mol. The highest BCUT2D eigenvalue weighted by Crippen LogP contribution is 2.40. The summed E-state index contributed by atoms with van der Waals surface area (Å²) in [5.41, 5.74) is 2.35. The number of furan rings is 1. The van der Waals surface area contributed by atoms with Crippen LogP contribution in [0.2, 0.25) is 0 Å². The predicted molar refractivity (Wildman–Crippen MR) is 80.7 cm³/mol. The van der Waals surface area contributed by atoms with Crippen molar-refractivity contribution in [1.82, 2.24) is 0 Å². The van der Waals surface area contributed by atoms with Crippen LogP contribution in [0.1, 0.15) is 37.4 Å². The second-order valence-electron chi connectivity index (χ2n) is 5.79. The van der Waals surface area contributed by atoms with Gasteiger partial charge in [-0.1, -0.05) is 30.3 Å². The summed E-state index contributed by atoms with van der Waals surface area (Å²) in [4.78, 5) is 11.8. The van der Waals surface area contributed by atoms with Crippen molar-refractivity contribution >= 4 is 11.5 Å². The van der Waals surface area contributed by atoms with E-state index in [1.165, 1.54) is 0 Å². The lowest BCUT2D eigenvalue weighted by atomic mass is 9.88. The number of hydrogen-bond acceptors (Lipinski definition) is 3. The number of ether oxygens (including phenoxy) is 1. The van der Waals surface area contributed by atoms with Crippen molar-refractivity contribution in [2.75, 3.05) is 0 Å². The minimum absolute atomic E-state index is 0.188. The Bertz CT molecular complexity index is 705. The maximum absolute atomic E-state index is 11.8. The summed E-state index contributed by atoms with van der Waals surface area (Å²) < 4.78 is 11.3. The van der Waals surface area contributed by atoms with E-state index in [9.17, 15) is 4.79 Å². The van der Waals surface area contributed by atoms with Crippen LogP contribution in [0.15, 0.2) is 52.5 Å². The number of carbonyl (C=O) groups is 1. The number of benzene rings is 1. The maximum atomic E-state index is 11.8. The number of aryl methyl sites for hydroxylation is 1.